The monoisotopic (exact) mass is 484 g/mol. The van der Waals surface area contributed by atoms with Gasteiger partial charge in [-0.15, -0.1) is 0 Å². The van der Waals surface area contributed by atoms with Gasteiger partial charge in [0.2, 0.25) is 0 Å². The Bertz CT molecular complexity index is 1630. The van der Waals surface area contributed by atoms with Crippen LogP contribution in [-0.2, 0) is 18.4 Å². The molecule has 0 saturated carbocycles. The summed E-state index contributed by atoms with van der Waals surface area (Å²) in [6.45, 7) is 0. The Morgan fingerprint density at radius 3 is 2.00 bits per heavy atom. The maximum atomic E-state index is 7.26. The Morgan fingerprint density at radius 2 is 1.32 bits per heavy atom. The van der Waals surface area contributed by atoms with Crippen LogP contribution < -0.4 is 14.2 Å². The van der Waals surface area contributed by atoms with Crippen molar-refractivity contribution >= 4 is 27.6 Å². The van der Waals surface area contributed by atoms with Crippen LogP contribution in [-0.4, -0.2) is 14.2 Å². The van der Waals surface area contributed by atoms with Crippen LogP contribution in [0.15, 0.2) is 91.0 Å². The van der Waals surface area contributed by atoms with E-state index in [0.717, 1.165) is 41.2 Å². The molecule has 5 aromatic rings. The fourth-order valence-electron chi connectivity index (χ4n) is 6.22. The van der Waals surface area contributed by atoms with Gasteiger partial charge in [-0.05, 0) is 83.0 Å². The second-order valence-corrected chi connectivity index (χ2v) is 9.89. The van der Waals surface area contributed by atoms with Crippen LogP contribution in [0.1, 0.15) is 34.2 Å². The van der Waals surface area contributed by atoms with Crippen LogP contribution >= 0.6 is 0 Å². The molecule has 3 nitrogen and oxygen atoms in total. The van der Waals surface area contributed by atoms with Crippen LogP contribution in [0.5, 0.6) is 17.2 Å². The highest BCUT2D eigenvalue weighted by molar-refractivity contribution is 6.13. The highest BCUT2D eigenvalue weighted by Gasteiger charge is 2.39. The molecule has 0 amide bonds. The first-order valence-electron chi connectivity index (χ1n) is 12.9. The highest BCUT2D eigenvalue weighted by atomic mass is 16.5. The normalized spacial score (nSPS) is 15.3. The molecule has 0 atom stereocenters. The molecule has 0 spiro atoms. The van der Waals surface area contributed by atoms with Gasteiger partial charge in [-0.1, -0.05) is 60.7 Å². The number of methoxy groups -OCH3 is 2. The average Bonchev–Trinajstić information content (AvgIpc) is 3.47. The Hall–Kier alpha value is -4.24. The fraction of sp³-hybridized carbons (Fsp3) is 0.176. The van der Waals surface area contributed by atoms with E-state index in [1.807, 2.05) is 24.3 Å². The Morgan fingerprint density at radius 1 is 0.676 bits per heavy atom. The molecule has 0 saturated heterocycles. The maximum Gasteiger partial charge on any atom is 0.178 e. The van der Waals surface area contributed by atoms with Crippen molar-refractivity contribution in [3.05, 3.63) is 119 Å². The number of fused-ring (bicyclic) bond motifs is 8. The number of aryl methyl sites for hydroxylation is 1. The van der Waals surface area contributed by atoms with Crippen LogP contribution in [0.2, 0.25) is 0 Å². The van der Waals surface area contributed by atoms with E-state index in [0.29, 0.717) is 0 Å². The summed E-state index contributed by atoms with van der Waals surface area (Å²) in [7, 11) is 3.39. The smallest absolute Gasteiger partial charge is 0.178 e. The lowest BCUT2D eigenvalue weighted by Gasteiger charge is -2.37. The molecule has 182 valence electrons. The van der Waals surface area contributed by atoms with Crippen molar-refractivity contribution in [1.29, 1.82) is 0 Å². The quantitative estimate of drug-likeness (QED) is 0.243. The SMILES string of the molecule is COc1ccc(C2(c3ccc(OC)cc3)C=Cc3c4c(c5c(ccc6ccccc65)c3O2)CCC4)cc1. The molecule has 0 aromatic heterocycles. The van der Waals surface area contributed by atoms with Crippen LogP contribution in [0.4, 0.5) is 0 Å². The third kappa shape index (κ3) is 3.27. The molecule has 0 bridgehead atoms. The van der Waals surface area contributed by atoms with E-state index in [-0.39, 0.29) is 0 Å². The molecule has 1 aliphatic heterocycles. The minimum atomic E-state index is -0.781. The minimum absolute atomic E-state index is 0.781. The van der Waals surface area contributed by atoms with Crippen molar-refractivity contribution < 1.29 is 14.2 Å². The molecule has 0 N–H and O–H groups in total. The Labute approximate surface area is 216 Å². The number of ether oxygens (including phenoxy) is 3. The van der Waals surface area contributed by atoms with Crippen molar-refractivity contribution in [2.24, 2.45) is 0 Å². The fourth-order valence-corrected chi connectivity index (χ4v) is 6.22. The van der Waals surface area contributed by atoms with Gasteiger partial charge in [0.1, 0.15) is 17.2 Å². The van der Waals surface area contributed by atoms with Gasteiger partial charge in [-0.3, -0.25) is 0 Å². The van der Waals surface area contributed by atoms with Crippen LogP contribution in [0, 0.1) is 0 Å². The van der Waals surface area contributed by atoms with E-state index in [1.54, 1.807) is 14.2 Å². The zero-order valence-corrected chi connectivity index (χ0v) is 21.1. The summed E-state index contributed by atoms with van der Waals surface area (Å²) >= 11 is 0. The molecular formula is C34H28O3. The Balaban J connectivity index is 1.51. The first-order valence-corrected chi connectivity index (χ1v) is 12.9. The van der Waals surface area contributed by atoms with E-state index in [9.17, 15) is 0 Å². The molecule has 7 rings (SSSR count). The average molecular weight is 485 g/mol. The van der Waals surface area contributed by atoms with E-state index in [1.165, 1.54) is 44.7 Å². The summed E-state index contributed by atoms with van der Waals surface area (Å²) < 4.78 is 18.2. The standard InChI is InChI=1S/C34H28O3/c1-35-25-15-11-23(12-16-25)34(24-13-17-26(36-2)18-14-24)21-20-30-28-8-5-9-29(28)32-27-7-4-3-6-22(27)10-19-31(32)33(30)37-34/h3-4,6-7,10-21H,5,8-9H2,1-2H3. The summed E-state index contributed by atoms with van der Waals surface area (Å²) in [4.78, 5) is 0. The molecule has 37 heavy (non-hydrogen) atoms. The summed E-state index contributed by atoms with van der Waals surface area (Å²) in [5, 5.41) is 5.11. The number of benzene rings is 5. The number of rotatable bonds is 4. The first-order chi connectivity index (χ1) is 18.2. The van der Waals surface area contributed by atoms with Crippen molar-refractivity contribution in [3.8, 4) is 17.2 Å². The lowest BCUT2D eigenvalue weighted by Crippen LogP contribution is -2.34. The van der Waals surface area contributed by atoms with Gasteiger partial charge in [-0.25, -0.2) is 0 Å². The van der Waals surface area contributed by atoms with E-state index >= 15 is 0 Å². The zero-order chi connectivity index (χ0) is 25.0. The van der Waals surface area contributed by atoms with Gasteiger partial charge < -0.3 is 14.2 Å². The summed E-state index contributed by atoms with van der Waals surface area (Å²) in [6, 6.07) is 29.6. The van der Waals surface area contributed by atoms with Crippen molar-refractivity contribution in [2.75, 3.05) is 14.2 Å². The molecule has 1 aliphatic carbocycles. The summed E-state index contributed by atoms with van der Waals surface area (Å²) in [5.74, 6) is 2.61. The Kier molecular flexibility index (Phi) is 5.00. The third-order valence-corrected chi connectivity index (χ3v) is 8.05. The predicted octanol–water partition coefficient (Wildman–Crippen LogP) is 7.85. The molecule has 3 heteroatoms. The van der Waals surface area contributed by atoms with Gasteiger partial charge in [0, 0.05) is 22.1 Å². The first kappa shape index (κ1) is 22.0. The second-order valence-electron chi connectivity index (χ2n) is 9.89. The van der Waals surface area contributed by atoms with E-state index in [2.05, 4.69) is 72.8 Å². The molecule has 0 unspecified atom stereocenters. The number of hydrogen-bond acceptors (Lipinski definition) is 3. The lowest BCUT2D eigenvalue weighted by molar-refractivity contribution is 0.163. The van der Waals surface area contributed by atoms with Gasteiger partial charge >= 0.3 is 0 Å². The van der Waals surface area contributed by atoms with Crippen molar-refractivity contribution in [3.63, 3.8) is 0 Å². The van der Waals surface area contributed by atoms with Crippen molar-refractivity contribution in [1.82, 2.24) is 0 Å². The highest BCUT2D eigenvalue weighted by Crippen LogP contribution is 2.50. The van der Waals surface area contributed by atoms with Crippen molar-refractivity contribution in [2.45, 2.75) is 24.9 Å². The molecule has 0 radical (unpaired) electrons. The van der Waals surface area contributed by atoms with Gasteiger partial charge in [-0.2, -0.15) is 0 Å². The van der Waals surface area contributed by atoms with Crippen LogP contribution in [0.25, 0.3) is 27.6 Å². The maximum absolute atomic E-state index is 7.26. The third-order valence-electron chi connectivity index (χ3n) is 8.05. The molecular weight excluding hydrogens is 456 g/mol. The topological polar surface area (TPSA) is 27.7 Å². The zero-order valence-electron chi connectivity index (χ0n) is 21.1. The van der Waals surface area contributed by atoms with Gasteiger partial charge in [0.25, 0.3) is 0 Å². The summed E-state index contributed by atoms with van der Waals surface area (Å²) in [6.07, 6.45) is 7.90. The second kappa shape index (κ2) is 8.41. The molecule has 1 heterocycles. The molecule has 2 aliphatic rings. The lowest BCUT2D eigenvalue weighted by atomic mass is 9.81. The van der Waals surface area contributed by atoms with Gasteiger partial charge in [0.15, 0.2) is 5.60 Å². The predicted molar refractivity (Wildman–Crippen MR) is 150 cm³/mol. The molecule has 5 aromatic carbocycles. The largest absolute Gasteiger partial charge is 0.497 e. The molecule has 0 fully saturated rings. The number of hydrogen-bond donors (Lipinski definition) is 0. The summed E-state index contributed by atoms with van der Waals surface area (Å²) in [5.41, 5.74) is 5.47. The van der Waals surface area contributed by atoms with Crippen LogP contribution in [0.3, 0.4) is 0 Å². The van der Waals surface area contributed by atoms with E-state index in [4.69, 9.17) is 14.2 Å². The van der Waals surface area contributed by atoms with E-state index < -0.39 is 5.60 Å². The minimum Gasteiger partial charge on any atom is -0.497 e. The van der Waals surface area contributed by atoms with Gasteiger partial charge in [0.05, 0.1) is 14.2 Å².